The zero-order valence-corrected chi connectivity index (χ0v) is 11.0. The Morgan fingerprint density at radius 2 is 2.06 bits per heavy atom. The van der Waals surface area contributed by atoms with Crippen molar-refractivity contribution in [2.45, 2.75) is 46.1 Å². The maximum Gasteiger partial charge on any atom is 0.243 e. The lowest BCUT2D eigenvalue weighted by Crippen LogP contribution is -2.59. The SMILES string of the molecule is CCC1C(=O)NCC(=O)N1CC1(C(C)C)CC1. The van der Waals surface area contributed by atoms with Crippen molar-refractivity contribution >= 4 is 11.8 Å². The third-order valence-corrected chi connectivity index (χ3v) is 4.40. The van der Waals surface area contributed by atoms with Crippen LogP contribution in [0.3, 0.4) is 0 Å². The third-order valence-electron chi connectivity index (χ3n) is 4.40. The molecule has 0 spiro atoms. The van der Waals surface area contributed by atoms with Crippen molar-refractivity contribution in [3.63, 3.8) is 0 Å². The summed E-state index contributed by atoms with van der Waals surface area (Å²) in [4.78, 5) is 25.5. The van der Waals surface area contributed by atoms with Crippen molar-refractivity contribution in [2.75, 3.05) is 13.1 Å². The summed E-state index contributed by atoms with van der Waals surface area (Å²) in [6.45, 7) is 7.31. The highest BCUT2D eigenvalue weighted by molar-refractivity contribution is 5.94. The topological polar surface area (TPSA) is 49.4 Å². The molecule has 2 fully saturated rings. The smallest absolute Gasteiger partial charge is 0.243 e. The van der Waals surface area contributed by atoms with Crippen molar-refractivity contribution < 1.29 is 9.59 Å². The molecule has 1 saturated heterocycles. The van der Waals surface area contributed by atoms with E-state index in [0.717, 1.165) is 6.54 Å². The molecule has 2 aliphatic rings. The molecule has 2 rings (SSSR count). The largest absolute Gasteiger partial charge is 0.345 e. The summed E-state index contributed by atoms with van der Waals surface area (Å²) in [6, 6.07) is -0.257. The number of hydrogen-bond donors (Lipinski definition) is 1. The van der Waals surface area contributed by atoms with Gasteiger partial charge in [0.05, 0.1) is 6.54 Å². The van der Waals surface area contributed by atoms with Gasteiger partial charge in [-0.05, 0) is 30.6 Å². The van der Waals surface area contributed by atoms with Gasteiger partial charge in [0, 0.05) is 6.54 Å². The van der Waals surface area contributed by atoms with Gasteiger partial charge in [-0.2, -0.15) is 0 Å². The Kier molecular flexibility index (Phi) is 3.15. The minimum Gasteiger partial charge on any atom is -0.345 e. The van der Waals surface area contributed by atoms with Crippen molar-refractivity contribution in [1.82, 2.24) is 10.2 Å². The quantitative estimate of drug-likeness (QED) is 0.799. The number of nitrogens with one attached hydrogen (secondary N) is 1. The molecule has 1 unspecified atom stereocenters. The highest BCUT2D eigenvalue weighted by Crippen LogP contribution is 2.52. The van der Waals surface area contributed by atoms with Crippen LogP contribution in [0.1, 0.15) is 40.0 Å². The molecular weight excluding hydrogens is 216 g/mol. The van der Waals surface area contributed by atoms with Gasteiger partial charge in [-0.15, -0.1) is 0 Å². The zero-order valence-electron chi connectivity index (χ0n) is 11.0. The minimum absolute atomic E-state index is 0.00616. The fraction of sp³-hybridized carbons (Fsp3) is 0.846. The van der Waals surface area contributed by atoms with E-state index in [0.29, 0.717) is 12.3 Å². The molecule has 96 valence electrons. The second kappa shape index (κ2) is 4.31. The number of carbonyl (C=O) groups excluding carboxylic acids is 2. The molecule has 1 N–H and O–H groups in total. The highest BCUT2D eigenvalue weighted by atomic mass is 16.2. The van der Waals surface area contributed by atoms with Crippen molar-refractivity contribution in [2.24, 2.45) is 11.3 Å². The van der Waals surface area contributed by atoms with Gasteiger partial charge in [0.2, 0.25) is 11.8 Å². The van der Waals surface area contributed by atoms with Gasteiger partial charge in [0.15, 0.2) is 0 Å². The number of rotatable bonds is 4. The molecule has 0 bridgehead atoms. The van der Waals surface area contributed by atoms with E-state index in [1.54, 1.807) is 0 Å². The molecule has 1 aliphatic carbocycles. The second-order valence-electron chi connectivity index (χ2n) is 5.68. The molecule has 1 saturated carbocycles. The number of carbonyl (C=O) groups is 2. The van der Waals surface area contributed by atoms with E-state index >= 15 is 0 Å². The summed E-state index contributed by atoms with van der Waals surface area (Å²) in [7, 11) is 0. The molecule has 0 aromatic carbocycles. The van der Waals surface area contributed by atoms with Crippen LogP contribution in [0.4, 0.5) is 0 Å². The molecule has 2 amide bonds. The Morgan fingerprint density at radius 3 is 2.53 bits per heavy atom. The van der Waals surface area contributed by atoms with Gasteiger partial charge in [-0.3, -0.25) is 9.59 Å². The van der Waals surface area contributed by atoms with Gasteiger partial charge in [-0.1, -0.05) is 20.8 Å². The fourth-order valence-electron chi connectivity index (χ4n) is 2.72. The molecule has 1 heterocycles. The normalized spacial score (nSPS) is 27.3. The van der Waals surface area contributed by atoms with E-state index in [2.05, 4.69) is 19.2 Å². The minimum atomic E-state index is -0.257. The summed E-state index contributed by atoms with van der Waals surface area (Å²) in [5, 5.41) is 2.67. The van der Waals surface area contributed by atoms with Crippen LogP contribution in [0.2, 0.25) is 0 Å². The van der Waals surface area contributed by atoms with Gasteiger partial charge in [0.25, 0.3) is 0 Å². The monoisotopic (exact) mass is 238 g/mol. The summed E-state index contributed by atoms with van der Waals surface area (Å²) < 4.78 is 0. The molecule has 4 heteroatoms. The Morgan fingerprint density at radius 1 is 1.41 bits per heavy atom. The van der Waals surface area contributed by atoms with Crippen molar-refractivity contribution in [3.8, 4) is 0 Å². The first kappa shape index (κ1) is 12.4. The first-order valence-electron chi connectivity index (χ1n) is 6.57. The number of nitrogens with zero attached hydrogens (tertiary/aromatic N) is 1. The molecule has 1 atom stereocenters. The lowest BCUT2D eigenvalue weighted by molar-refractivity contribution is -0.146. The average Bonchev–Trinajstić information content (AvgIpc) is 3.05. The predicted octanol–water partition coefficient (Wildman–Crippen LogP) is 1.16. The standard InChI is InChI=1S/C13H22N2O2/c1-4-10-12(17)14-7-11(16)15(10)8-13(5-6-13)9(2)3/h9-10H,4-8H2,1-3H3,(H,14,17). The first-order chi connectivity index (χ1) is 8.00. The first-order valence-corrected chi connectivity index (χ1v) is 6.57. The van der Waals surface area contributed by atoms with Crippen molar-refractivity contribution in [1.29, 1.82) is 0 Å². The fourth-order valence-corrected chi connectivity index (χ4v) is 2.72. The highest BCUT2D eigenvalue weighted by Gasteiger charge is 2.49. The molecular formula is C13H22N2O2. The maximum absolute atomic E-state index is 11.9. The Balaban J connectivity index is 2.11. The van der Waals surface area contributed by atoms with Gasteiger partial charge in [0.1, 0.15) is 6.04 Å². The lowest BCUT2D eigenvalue weighted by atomic mass is 9.90. The number of piperazine rings is 1. The van der Waals surface area contributed by atoms with Crippen LogP contribution in [0.25, 0.3) is 0 Å². The van der Waals surface area contributed by atoms with Crippen LogP contribution >= 0.6 is 0 Å². The zero-order chi connectivity index (χ0) is 12.6. The number of hydrogen-bond acceptors (Lipinski definition) is 2. The summed E-state index contributed by atoms with van der Waals surface area (Å²) in [5.41, 5.74) is 0.278. The summed E-state index contributed by atoms with van der Waals surface area (Å²) >= 11 is 0. The second-order valence-corrected chi connectivity index (χ2v) is 5.68. The van der Waals surface area contributed by atoms with Crippen LogP contribution in [-0.4, -0.2) is 35.8 Å². The molecule has 0 aromatic heterocycles. The van der Waals surface area contributed by atoms with E-state index in [4.69, 9.17) is 0 Å². The molecule has 17 heavy (non-hydrogen) atoms. The van der Waals surface area contributed by atoms with Crippen LogP contribution in [0, 0.1) is 11.3 Å². The molecule has 0 radical (unpaired) electrons. The van der Waals surface area contributed by atoms with E-state index in [-0.39, 0.29) is 29.8 Å². The predicted molar refractivity (Wildman–Crippen MR) is 65.3 cm³/mol. The third kappa shape index (κ3) is 2.17. The maximum atomic E-state index is 11.9. The van der Waals surface area contributed by atoms with Gasteiger partial charge in [-0.25, -0.2) is 0 Å². The Bertz CT molecular complexity index is 334. The van der Waals surface area contributed by atoms with Gasteiger partial charge < -0.3 is 10.2 Å². The lowest BCUT2D eigenvalue weighted by Gasteiger charge is -2.38. The Labute approximate surface area is 103 Å². The molecule has 0 aromatic rings. The van der Waals surface area contributed by atoms with Gasteiger partial charge >= 0.3 is 0 Å². The summed E-state index contributed by atoms with van der Waals surface area (Å²) in [6.07, 6.45) is 3.07. The summed E-state index contributed by atoms with van der Waals surface area (Å²) in [5.74, 6) is 0.660. The van der Waals surface area contributed by atoms with Crippen LogP contribution in [-0.2, 0) is 9.59 Å². The average molecular weight is 238 g/mol. The number of amides is 2. The molecule has 1 aliphatic heterocycles. The van der Waals surface area contributed by atoms with E-state index in [1.807, 2.05) is 11.8 Å². The van der Waals surface area contributed by atoms with Crippen LogP contribution < -0.4 is 5.32 Å². The van der Waals surface area contributed by atoms with Crippen LogP contribution in [0.5, 0.6) is 0 Å². The van der Waals surface area contributed by atoms with Crippen LogP contribution in [0.15, 0.2) is 0 Å². The van der Waals surface area contributed by atoms with E-state index < -0.39 is 0 Å². The van der Waals surface area contributed by atoms with E-state index in [1.165, 1.54) is 12.8 Å². The van der Waals surface area contributed by atoms with Crippen molar-refractivity contribution in [3.05, 3.63) is 0 Å². The Hall–Kier alpha value is -1.06. The van der Waals surface area contributed by atoms with E-state index in [9.17, 15) is 9.59 Å². The molecule has 4 nitrogen and oxygen atoms in total.